The second kappa shape index (κ2) is 48.7. The number of likely N-dealkylation sites (N-methyl/N-ethyl adjacent to an activating group) is 1. The van der Waals surface area contributed by atoms with Gasteiger partial charge >= 0.3 is 17.9 Å². The molecule has 0 amide bonds. The van der Waals surface area contributed by atoms with Crippen molar-refractivity contribution in [2.45, 2.75) is 264 Å². The summed E-state index contributed by atoms with van der Waals surface area (Å²) < 4.78 is 17.4. The molecule has 0 saturated carbocycles. The van der Waals surface area contributed by atoms with Crippen LogP contribution in [0.15, 0.2) is 48.6 Å². The second-order valence-corrected chi connectivity index (χ2v) is 19.8. The van der Waals surface area contributed by atoms with Crippen LogP contribution in [-0.2, 0) is 28.6 Å². The number of quaternary nitrogens is 1. The average Bonchev–Trinajstić information content (AvgIpc) is 3.28. The van der Waals surface area contributed by atoms with Crippen molar-refractivity contribution in [1.29, 1.82) is 0 Å². The van der Waals surface area contributed by atoms with Gasteiger partial charge in [0.1, 0.15) is 6.61 Å². The summed E-state index contributed by atoms with van der Waals surface area (Å²) >= 11 is 0. The van der Waals surface area contributed by atoms with Crippen LogP contribution in [0.5, 0.6) is 0 Å². The average molecular weight is 929 g/mol. The fourth-order valence-corrected chi connectivity index (χ4v) is 8.26. The van der Waals surface area contributed by atoms with Gasteiger partial charge in [0.2, 0.25) is 0 Å². The molecule has 66 heavy (non-hydrogen) atoms. The Morgan fingerprint density at radius 2 is 0.848 bits per heavy atom. The molecule has 8 nitrogen and oxygen atoms in total. The summed E-state index contributed by atoms with van der Waals surface area (Å²) in [6, 6.07) is -0.616. The lowest BCUT2D eigenvalue weighted by Crippen LogP contribution is -2.50. The first-order valence-corrected chi connectivity index (χ1v) is 27.7. The molecule has 8 heteroatoms. The Morgan fingerprint density at radius 1 is 0.470 bits per heavy atom. The number of esters is 2. The first kappa shape index (κ1) is 63.3. The number of hydrogen-bond donors (Lipinski definition) is 1. The van der Waals surface area contributed by atoms with E-state index in [0.717, 1.165) is 70.6 Å². The van der Waals surface area contributed by atoms with Crippen molar-refractivity contribution in [3.05, 3.63) is 48.6 Å². The molecule has 0 radical (unpaired) electrons. The van der Waals surface area contributed by atoms with Gasteiger partial charge in [0, 0.05) is 19.3 Å². The Kier molecular flexibility index (Phi) is 46.7. The predicted molar refractivity (Wildman–Crippen MR) is 280 cm³/mol. The van der Waals surface area contributed by atoms with Crippen LogP contribution in [0.1, 0.15) is 251 Å². The fraction of sp³-hybridized carbons (Fsp3) is 0.810. The fourth-order valence-electron chi connectivity index (χ4n) is 8.26. The van der Waals surface area contributed by atoms with E-state index in [1.165, 1.54) is 148 Å². The zero-order valence-corrected chi connectivity index (χ0v) is 43.9. The first-order valence-electron chi connectivity index (χ1n) is 27.7. The molecule has 0 saturated heterocycles. The van der Waals surface area contributed by atoms with Crippen LogP contribution < -0.4 is 0 Å². The largest absolute Gasteiger partial charge is 0.477 e. The summed E-state index contributed by atoms with van der Waals surface area (Å²) in [4.78, 5) is 37.3. The molecule has 0 aromatic carbocycles. The van der Waals surface area contributed by atoms with Gasteiger partial charge in [-0.3, -0.25) is 9.59 Å². The summed E-state index contributed by atoms with van der Waals surface area (Å²) in [5.41, 5.74) is 0. The van der Waals surface area contributed by atoms with E-state index in [1.54, 1.807) is 0 Å². The third-order valence-electron chi connectivity index (χ3n) is 12.5. The first-order chi connectivity index (χ1) is 32.1. The minimum absolute atomic E-state index is 0.0507. The van der Waals surface area contributed by atoms with E-state index in [-0.39, 0.29) is 36.2 Å². The van der Waals surface area contributed by atoms with E-state index in [0.29, 0.717) is 19.3 Å². The number of carbonyl (C=O) groups is 3. The highest BCUT2D eigenvalue weighted by Gasteiger charge is 2.31. The molecule has 0 bridgehead atoms. The molecule has 0 rings (SSSR count). The number of hydrogen-bond acceptors (Lipinski definition) is 6. The molecule has 1 N–H and O–H groups in total. The van der Waals surface area contributed by atoms with Crippen molar-refractivity contribution in [1.82, 2.24) is 0 Å². The molecule has 0 aromatic heterocycles. The third kappa shape index (κ3) is 46.4. The topological polar surface area (TPSA) is 99.1 Å². The van der Waals surface area contributed by atoms with E-state index >= 15 is 0 Å². The van der Waals surface area contributed by atoms with Gasteiger partial charge in [-0.1, -0.05) is 229 Å². The number of ether oxygens (including phenoxy) is 3. The van der Waals surface area contributed by atoms with Gasteiger partial charge in [-0.05, 0) is 51.4 Å². The number of nitrogens with zero attached hydrogens (tertiary/aromatic N) is 1. The van der Waals surface area contributed by atoms with Crippen molar-refractivity contribution >= 4 is 17.9 Å². The smallest absolute Gasteiger partial charge is 0.362 e. The standard InChI is InChI=1S/C58H105NO7/c1-6-8-10-12-14-16-18-20-22-24-26-28-29-31-33-35-37-39-41-43-45-47-49-57(61)66-54(52-64-51-50-55(58(62)63)59(3,4)5)53-65-56(60)48-46-44-42-40-38-36-34-32-30-27-25-23-21-19-17-15-13-11-9-7-2/h8,10,14,16,20,22,26,28,54-55H,6-7,9,11-13,15,17-19,21,23-25,27,29-53H2,1-5H3/p+1/b10-8+,16-14+,22-20+,28-26+. The molecule has 2 unspecified atom stereocenters. The third-order valence-corrected chi connectivity index (χ3v) is 12.5. The monoisotopic (exact) mass is 929 g/mol. The van der Waals surface area contributed by atoms with Crippen LogP contribution in [0.3, 0.4) is 0 Å². The summed E-state index contributed by atoms with van der Waals surface area (Å²) in [5, 5.41) is 9.67. The SMILES string of the molecule is CC/C=C/C/C=C/C/C=C/C/C=C/CCCCCCCCCCCC(=O)OC(COCCC(C(=O)O)[N+](C)(C)C)COC(=O)CCCCCCCCCCCCCCCCCCCCCC. The summed E-state index contributed by atoms with van der Waals surface area (Å²) in [6.07, 6.45) is 60.2. The van der Waals surface area contributed by atoms with Crippen LogP contribution in [0.4, 0.5) is 0 Å². The number of allylic oxidation sites excluding steroid dienone is 8. The molecule has 0 spiro atoms. The Hall–Kier alpha value is -2.71. The zero-order chi connectivity index (χ0) is 48.4. The van der Waals surface area contributed by atoms with Crippen LogP contribution >= 0.6 is 0 Å². The highest BCUT2D eigenvalue weighted by Crippen LogP contribution is 2.17. The predicted octanol–water partition coefficient (Wildman–Crippen LogP) is 16.3. The van der Waals surface area contributed by atoms with Crippen molar-refractivity contribution in [2.75, 3.05) is 41.0 Å². The normalized spacial score (nSPS) is 13.2. The molecular weight excluding hydrogens is 823 g/mol. The van der Waals surface area contributed by atoms with E-state index in [1.807, 2.05) is 21.1 Å². The number of carboxylic acid groups (broad SMARTS) is 1. The van der Waals surface area contributed by atoms with E-state index in [2.05, 4.69) is 62.5 Å². The van der Waals surface area contributed by atoms with Gasteiger partial charge in [0.15, 0.2) is 12.1 Å². The zero-order valence-electron chi connectivity index (χ0n) is 43.9. The second-order valence-electron chi connectivity index (χ2n) is 19.8. The number of carboxylic acids is 1. The van der Waals surface area contributed by atoms with Crippen LogP contribution in [0.25, 0.3) is 0 Å². The van der Waals surface area contributed by atoms with Gasteiger partial charge in [0.25, 0.3) is 0 Å². The van der Waals surface area contributed by atoms with Crippen LogP contribution in [0.2, 0.25) is 0 Å². The van der Waals surface area contributed by atoms with Crippen LogP contribution in [0, 0.1) is 0 Å². The summed E-state index contributed by atoms with van der Waals surface area (Å²) in [6.45, 7) is 4.66. The molecule has 0 heterocycles. The minimum Gasteiger partial charge on any atom is -0.477 e. The lowest BCUT2D eigenvalue weighted by molar-refractivity contribution is -0.887. The van der Waals surface area contributed by atoms with Crippen molar-refractivity contribution in [2.24, 2.45) is 0 Å². The highest BCUT2D eigenvalue weighted by molar-refractivity contribution is 5.72. The van der Waals surface area contributed by atoms with E-state index in [4.69, 9.17) is 14.2 Å². The molecular formula is C58H106NO7+. The van der Waals surface area contributed by atoms with E-state index in [9.17, 15) is 19.5 Å². The van der Waals surface area contributed by atoms with Gasteiger partial charge in [-0.2, -0.15) is 0 Å². The lowest BCUT2D eigenvalue weighted by atomic mass is 10.0. The molecule has 0 aliphatic carbocycles. The lowest BCUT2D eigenvalue weighted by Gasteiger charge is -2.31. The molecule has 0 aliphatic heterocycles. The van der Waals surface area contributed by atoms with Crippen molar-refractivity contribution in [3.8, 4) is 0 Å². The van der Waals surface area contributed by atoms with Gasteiger partial charge in [0.05, 0.1) is 34.4 Å². The van der Waals surface area contributed by atoms with Crippen molar-refractivity contribution in [3.63, 3.8) is 0 Å². The number of unbranched alkanes of at least 4 members (excludes halogenated alkanes) is 28. The number of carbonyl (C=O) groups excluding carboxylic acids is 2. The number of aliphatic carboxylic acids is 1. The minimum atomic E-state index is -0.874. The quantitative estimate of drug-likeness (QED) is 0.0281. The molecule has 0 aromatic rings. The molecule has 0 fully saturated rings. The molecule has 2 atom stereocenters. The number of rotatable bonds is 50. The Morgan fingerprint density at radius 3 is 1.26 bits per heavy atom. The summed E-state index contributed by atoms with van der Waals surface area (Å²) in [7, 11) is 5.54. The molecule has 0 aliphatic rings. The highest BCUT2D eigenvalue weighted by atomic mass is 16.6. The summed E-state index contributed by atoms with van der Waals surface area (Å²) in [5.74, 6) is -1.46. The Labute approximate surface area is 407 Å². The van der Waals surface area contributed by atoms with E-state index < -0.39 is 18.1 Å². The van der Waals surface area contributed by atoms with Crippen LogP contribution in [-0.4, -0.2) is 80.6 Å². The maximum Gasteiger partial charge on any atom is 0.362 e. The molecule has 384 valence electrons. The van der Waals surface area contributed by atoms with Gasteiger partial charge in [-0.15, -0.1) is 0 Å². The Bertz CT molecular complexity index is 1220. The van der Waals surface area contributed by atoms with Gasteiger partial charge < -0.3 is 23.8 Å². The Balaban J connectivity index is 4.19. The maximum atomic E-state index is 12.8. The maximum absolute atomic E-state index is 12.8. The van der Waals surface area contributed by atoms with Gasteiger partial charge in [-0.25, -0.2) is 4.79 Å². The van der Waals surface area contributed by atoms with Crippen molar-refractivity contribution < 1.29 is 38.2 Å².